The highest BCUT2D eigenvalue weighted by atomic mass is 32.1. The van der Waals surface area contributed by atoms with Crippen LogP contribution in [-0.2, 0) is 12.8 Å². The summed E-state index contributed by atoms with van der Waals surface area (Å²) in [5, 5.41) is 15.0. The summed E-state index contributed by atoms with van der Waals surface area (Å²) in [7, 11) is 0. The summed E-state index contributed by atoms with van der Waals surface area (Å²) in [6.45, 7) is 5.86. The number of rotatable bonds is 5. The summed E-state index contributed by atoms with van der Waals surface area (Å²) in [6, 6.07) is 4.58. The predicted octanol–water partition coefficient (Wildman–Crippen LogP) is 4.37. The molecular formula is C23H28N4O4S. The molecule has 1 atom stereocenters. The van der Waals surface area contributed by atoms with Crippen LogP contribution in [0.2, 0.25) is 0 Å². The summed E-state index contributed by atoms with van der Waals surface area (Å²) in [4.78, 5) is 39.5. The molecule has 0 unspecified atom stereocenters. The van der Waals surface area contributed by atoms with Crippen molar-refractivity contribution in [1.29, 1.82) is 0 Å². The van der Waals surface area contributed by atoms with Gasteiger partial charge in [-0.1, -0.05) is 13.8 Å². The fraction of sp³-hybridized carbons (Fsp3) is 0.478. The third-order valence-corrected chi connectivity index (χ3v) is 7.71. The topological polar surface area (TPSA) is 119 Å². The van der Waals surface area contributed by atoms with Gasteiger partial charge >= 0.3 is 0 Å². The second kappa shape index (κ2) is 8.90. The van der Waals surface area contributed by atoms with Gasteiger partial charge in [-0.05, 0) is 61.6 Å². The lowest BCUT2D eigenvalue weighted by Gasteiger charge is -2.31. The molecule has 32 heavy (non-hydrogen) atoms. The van der Waals surface area contributed by atoms with E-state index in [2.05, 4.69) is 19.2 Å². The minimum Gasteiger partial charge on any atom is -0.366 e. The SMILES string of the molecule is CC1CCN(c2ccc(C(=O)Nc3sc4c(c3C(N)=O)CC[C@@H](C)C4)cc2[N+](=O)[O-])CC1. The number of nitrogens with two attached hydrogens (primary N) is 1. The molecule has 170 valence electrons. The smallest absolute Gasteiger partial charge is 0.293 e. The van der Waals surface area contributed by atoms with Gasteiger partial charge in [-0.15, -0.1) is 11.3 Å². The van der Waals surface area contributed by atoms with E-state index in [1.54, 1.807) is 12.1 Å². The Balaban J connectivity index is 1.61. The van der Waals surface area contributed by atoms with Crippen LogP contribution in [0.25, 0.3) is 0 Å². The summed E-state index contributed by atoms with van der Waals surface area (Å²) >= 11 is 1.38. The Bertz CT molecular complexity index is 1070. The van der Waals surface area contributed by atoms with E-state index >= 15 is 0 Å². The lowest BCUT2D eigenvalue weighted by atomic mass is 9.88. The molecule has 1 aromatic heterocycles. The monoisotopic (exact) mass is 456 g/mol. The third kappa shape index (κ3) is 4.34. The number of nitro groups is 1. The van der Waals surface area contributed by atoms with Crippen LogP contribution in [-0.4, -0.2) is 29.8 Å². The molecule has 3 N–H and O–H groups in total. The number of amides is 2. The van der Waals surface area contributed by atoms with E-state index < -0.39 is 16.7 Å². The Kier molecular flexibility index (Phi) is 6.19. The molecule has 1 aliphatic carbocycles. The van der Waals surface area contributed by atoms with Crippen LogP contribution in [0.4, 0.5) is 16.4 Å². The van der Waals surface area contributed by atoms with Crippen molar-refractivity contribution in [2.24, 2.45) is 17.6 Å². The number of carbonyl (C=O) groups excluding carboxylic acids is 2. The number of piperidine rings is 1. The van der Waals surface area contributed by atoms with Gasteiger partial charge in [-0.2, -0.15) is 0 Å². The van der Waals surface area contributed by atoms with E-state index in [-0.39, 0.29) is 11.3 Å². The molecule has 0 radical (unpaired) electrons. The number of primary amides is 1. The van der Waals surface area contributed by atoms with Gasteiger partial charge in [0.1, 0.15) is 10.7 Å². The van der Waals surface area contributed by atoms with E-state index in [1.165, 1.54) is 17.4 Å². The predicted molar refractivity (Wildman–Crippen MR) is 126 cm³/mol. The van der Waals surface area contributed by atoms with Gasteiger partial charge in [-0.3, -0.25) is 19.7 Å². The van der Waals surface area contributed by atoms with E-state index in [9.17, 15) is 19.7 Å². The van der Waals surface area contributed by atoms with E-state index in [0.717, 1.165) is 55.6 Å². The molecular weight excluding hydrogens is 428 g/mol. The number of fused-ring (bicyclic) bond motifs is 1. The van der Waals surface area contributed by atoms with Crippen LogP contribution < -0.4 is 16.0 Å². The average molecular weight is 457 g/mol. The summed E-state index contributed by atoms with van der Waals surface area (Å²) in [6.07, 6.45) is 4.55. The number of hydrogen-bond acceptors (Lipinski definition) is 6. The Labute approximate surface area is 190 Å². The molecule has 9 heteroatoms. The summed E-state index contributed by atoms with van der Waals surface area (Å²) in [5.41, 5.74) is 7.57. The first kappa shape index (κ1) is 22.3. The molecule has 1 fully saturated rings. The highest BCUT2D eigenvalue weighted by Crippen LogP contribution is 2.40. The largest absolute Gasteiger partial charge is 0.366 e. The minimum atomic E-state index is -0.562. The maximum Gasteiger partial charge on any atom is 0.293 e. The first-order valence-electron chi connectivity index (χ1n) is 11.0. The van der Waals surface area contributed by atoms with E-state index in [0.29, 0.717) is 28.1 Å². The zero-order valence-electron chi connectivity index (χ0n) is 18.3. The number of hydrogen-bond donors (Lipinski definition) is 2. The average Bonchev–Trinajstić information content (AvgIpc) is 3.10. The van der Waals surface area contributed by atoms with Gasteiger partial charge in [0.25, 0.3) is 17.5 Å². The van der Waals surface area contributed by atoms with Gasteiger partial charge < -0.3 is 16.0 Å². The van der Waals surface area contributed by atoms with Crippen molar-refractivity contribution in [3.05, 3.63) is 49.9 Å². The molecule has 2 heterocycles. The second-order valence-electron chi connectivity index (χ2n) is 9.00. The molecule has 1 aromatic carbocycles. The van der Waals surface area contributed by atoms with Gasteiger partial charge in [0.15, 0.2) is 0 Å². The zero-order chi connectivity index (χ0) is 23.0. The van der Waals surface area contributed by atoms with Crippen molar-refractivity contribution < 1.29 is 14.5 Å². The van der Waals surface area contributed by atoms with E-state index in [4.69, 9.17) is 5.73 Å². The number of nitro benzene ring substituents is 1. The van der Waals surface area contributed by atoms with Crippen LogP contribution in [0.1, 0.15) is 64.3 Å². The lowest BCUT2D eigenvalue weighted by Crippen LogP contribution is -2.33. The minimum absolute atomic E-state index is 0.0818. The number of benzene rings is 1. The van der Waals surface area contributed by atoms with Crippen LogP contribution in [0.5, 0.6) is 0 Å². The van der Waals surface area contributed by atoms with Crippen molar-refractivity contribution in [2.45, 2.75) is 46.0 Å². The molecule has 2 aliphatic rings. The zero-order valence-corrected chi connectivity index (χ0v) is 19.2. The Hall–Kier alpha value is -2.94. The van der Waals surface area contributed by atoms with Crippen molar-refractivity contribution in [3.8, 4) is 0 Å². The quantitative estimate of drug-likeness (QED) is 0.512. The van der Waals surface area contributed by atoms with Crippen LogP contribution in [0.15, 0.2) is 18.2 Å². The molecule has 2 aromatic rings. The Morgan fingerprint density at radius 2 is 1.91 bits per heavy atom. The Morgan fingerprint density at radius 3 is 2.56 bits per heavy atom. The lowest BCUT2D eigenvalue weighted by molar-refractivity contribution is -0.384. The van der Waals surface area contributed by atoms with Crippen molar-refractivity contribution >= 4 is 39.5 Å². The van der Waals surface area contributed by atoms with Crippen LogP contribution in [0, 0.1) is 22.0 Å². The molecule has 4 rings (SSSR count). The standard InChI is InChI=1S/C23H28N4O4S/c1-13-7-9-26(10-8-13)17-6-4-15(12-18(17)27(30)31)22(29)25-23-20(21(24)28)16-5-3-14(2)11-19(16)32-23/h4,6,12-14H,3,5,7-11H2,1-2H3,(H2,24,28)(H,25,29)/t14-/m1/s1. The van der Waals surface area contributed by atoms with E-state index in [1.807, 2.05) is 4.90 Å². The highest BCUT2D eigenvalue weighted by molar-refractivity contribution is 7.17. The molecule has 8 nitrogen and oxygen atoms in total. The number of nitrogens with one attached hydrogen (secondary N) is 1. The van der Waals surface area contributed by atoms with Crippen LogP contribution in [0.3, 0.4) is 0 Å². The second-order valence-corrected chi connectivity index (χ2v) is 10.1. The third-order valence-electron chi connectivity index (χ3n) is 6.54. The van der Waals surface area contributed by atoms with Gasteiger partial charge in [0, 0.05) is 29.6 Å². The number of nitrogens with zero attached hydrogens (tertiary/aromatic N) is 2. The van der Waals surface area contributed by atoms with Gasteiger partial charge in [-0.25, -0.2) is 0 Å². The maximum absolute atomic E-state index is 13.0. The molecule has 1 saturated heterocycles. The highest BCUT2D eigenvalue weighted by Gasteiger charge is 2.29. The van der Waals surface area contributed by atoms with Crippen molar-refractivity contribution in [2.75, 3.05) is 23.3 Å². The fourth-order valence-electron chi connectivity index (χ4n) is 4.60. The number of carbonyl (C=O) groups is 2. The summed E-state index contributed by atoms with van der Waals surface area (Å²) in [5.74, 6) is 0.0712. The first-order valence-corrected chi connectivity index (χ1v) is 11.8. The number of anilines is 2. The molecule has 0 spiro atoms. The van der Waals surface area contributed by atoms with Gasteiger partial charge in [0.2, 0.25) is 0 Å². The van der Waals surface area contributed by atoms with Crippen molar-refractivity contribution in [1.82, 2.24) is 0 Å². The van der Waals surface area contributed by atoms with Crippen LogP contribution >= 0.6 is 11.3 Å². The maximum atomic E-state index is 13.0. The normalized spacial score (nSPS) is 18.8. The van der Waals surface area contributed by atoms with Gasteiger partial charge in [0.05, 0.1) is 10.5 Å². The Morgan fingerprint density at radius 1 is 1.19 bits per heavy atom. The summed E-state index contributed by atoms with van der Waals surface area (Å²) < 4.78 is 0. The first-order chi connectivity index (χ1) is 15.2. The molecule has 0 bridgehead atoms. The number of thiophene rings is 1. The molecule has 1 aliphatic heterocycles. The van der Waals surface area contributed by atoms with Crippen molar-refractivity contribution in [3.63, 3.8) is 0 Å². The fourth-order valence-corrected chi connectivity index (χ4v) is 6.01. The molecule has 0 saturated carbocycles. The molecule has 2 amide bonds.